The van der Waals surface area contributed by atoms with E-state index >= 15 is 0 Å². The maximum atomic E-state index is 13.2. The Balaban J connectivity index is 1.58. The van der Waals surface area contributed by atoms with E-state index in [1.807, 2.05) is 12.2 Å². The standard InChI is InChI=1S/C22H26N6O7S2/c1-4-13(34-10(2)29)22(3)12(20(32)33)9-28-18(31)15(19(28)36-22)24-17(30)14(16-25-21(23)37-27-16)26-35-11-7-5-6-8-11/h5,7,9,11,13,15,19H,4,6,8H2,1-3H3,(H,24,30)(H,32,33)(H2,23,25,27)/t11?,13?,15?,19-,22?/m1/s1. The molecule has 5 atom stereocenters. The van der Waals surface area contributed by atoms with E-state index in [9.17, 15) is 24.3 Å². The molecule has 1 aromatic rings. The first kappa shape index (κ1) is 26.6. The first-order chi connectivity index (χ1) is 17.5. The summed E-state index contributed by atoms with van der Waals surface area (Å²) in [6, 6.07) is -1.01. The average molecular weight is 551 g/mol. The van der Waals surface area contributed by atoms with Gasteiger partial charge in [0.15, 0.2) is 5.13 Å². The van der Waals surface area contributed by atoms with Crippen LogP contribution in [0.1, 0.15) is 45.9 Å². The number of allylic oxidation sites excluding steroid dienone is 1. The smallest absolute Gasteiger partial charge is 0.334 e. The number of nitrogens with one attached hydrogen (secondary N) is 1. The lowest BCUT2D eigenvalue weighted by molar-refractivity contribution is -0.149. The summed E-state index contributed by atoms with van der Waals surface area (Å²) in [5.74, 6) is -3.08. The molecule has 3 aliphatic rings. The number of nitrogens with two attached hydrogens (primary N) is 1. The Hall–Kier alpha value is -3.46. The predicted molar refractivity (Wildman–Crippen MR) is 134 cm³/mol. The van der Waals surface area contributed by atoms with Crippen LogP contribution in [0.25, 0.3) is 0 Å². The maximum Gasteiger partial charge on any atom is 0.334 e. The van der Waals surface area contributed by atoms with Crippen LogP contribution >= 0.6 is 23.3 Å². The van der Waals surface area contributed by atoms with Crippen molar-refractivity contribution in [1.82, 2.24) is 19.6 Å². The number of nitrogen functional groups attached to an aromatic ring is 1. The van der Waals surface area contributed by atoms with Crippen molar-refractivity contribution < 1.29 is 33.9 Å². The highest BCUT2D eigenvalue weighted by Crippen LogP contribution is 2.50. The van der Waals surface area contributed by atoms with Crippen LogP contribution in [0, 0.1) is 0 Å². The molecule has 1 aromatic heterocycles. The van der Waals surface area contributed by atoms with Crippen LogP contribution in [-0.2, 0) is 28.8 Å². The van der Waals surface area contributed by atoms with Gasteiger partial charge in [0.2, 0.25) is 11.5 Å². The Morgan fingerprint density at radius 1 is 1.43 bits per heavy atom. The molecular formula is C22H26N6O7S2. The van der Waals surface area contributed by atoms with E-state index in [1.54, 1.807) is 13.8 Å². The summed E-state index contributed by atoms with van der Waals surface area (Å²) in [5.41, 5.74) is 5.36. The van der Waals surface area contributed by atoms with E-state index in [4.69, 9.17) is 15.3 Å². The van der Waals surface area contributed by atoms with Gasteiger partial charge in [0.05, 0.1) is 10.3 Å². The minimum atomic E-state index is -1.24. The molecule has 0 radical (unpaired) electrons. The van der Waals surface area contributed by atoms with Crippen molar-refractivity contribution in [2.45, 2.75) is 68.4 Å². The van der Waals surface area contributed by atoms with E-state index < -0.39 is 46.0 Å². The summed E-state index contributed by atoms with van der Waals surface area (Å²) in [4.78, 5) is 60.6. The van der Waals surface area contributed by atoms with Crippen molar-refractivity contribution in [1.29, 1.82) is 0 Å². The third-order valence-electron chi connectivity index (χ3n) is 6.18. The largest absolute Gasteiger partial charge is 0.478 e. The van der Waals surface area contributed by atoms with E-state index in [2.05, 4.69) is 19.8 Å². The molecule has 4 rings (SSSR count). The molecule has 1 saturated heterocycles. The highest BCUT2D eigenvalue weighted by Gasteiger charge is 2.58. The fourth-order valence-corrected chi connectivity index (χ4v) is 6.47. The van der Waals surface area contributed by atoms with Crippen molar-refractivity contribution >= 4 is 57.9 Å². The van der Waals surface area contributed by atoms with Gasteiger partial charge in [-0.3, -0.25) is 14.4 Å². The Kier molecular flexibility index (Phi) is 7.54. The first-order valence-electron chi connectivity index (χ1n) is 11.5. The highest BCUT2D eigenvalue weighted by atomic mass is 32.2. The van der Waals surface area contributed by atoms with E-state index in [0.717, 1.165) is 29.7 Å². The minimum Gasteiger partial charge on any atom is -0.478 e. The van der Waals surface area contributed by atoms with Gasteiger partial charge in [0.25, 0.3) is 11.8 Å². The number of rotatable bonds is 9. The Labute approximate surface area is 220 Å². The lowest BCUT2D eigenvalue weighted by Gasteiger charge is -2.53. The van der Waals surface area contributed by atoms with Crippen molar-refractivity contribution in [3.63, 3.8) is 0 Å². The zero-order chi connectivity index (χ0) is 26.9. The number of anilines is 1. The third kappa shape index (κ3) is 5.18. The summed E-state index contributed by atoms with van der Waals surface area (Å²) in [7, 11) is 0. The zero-order valence-corrected chi connectivity index (χ0v) is 21.9. The van der Waals surface area contributed by atoms with Crippen molar-refractivity contribution in [2.24, 2.45) is 5.16 Å². The van der Waals surface area contributed by atoms with Crippen LogP contribution in [0.3, 0.4) is 0 Å². The quantitative estimate of drug-likeness (QED) is 0.131. The van der Waals surface area contributed by atoms with E-state index in [-0.39, 0.29) is 28.3 Å². The number of oxime groups is 1. The summed E-state index contributed by atoms with van der Waals surface area (Å²) < 4.78 is 8.29. The third-order valence-corrected chi connectivity index (χ3v) is 8.43. The van der Waals surface area contributed by atoms with E-state index in [1.165, 1.54) is 18.0 Å². The van der Waals surface area contributed by atoms with Gasteiger partial charge < -0.3 is 30.6 Å². The normalized spacial score (nSPS) is 27.6. The molecule has 15 heteroatoms. The summed E-state index contributed by atoms with van der Waals surface area (Å²) in [5, 5.41) is 15.9. The number of carbonyl (C=O) groups excluding carboxylic acids is 3. The number of β-lactam (4-membered cyclic amide) rings is 1. The van der Waals surface area contributed by atoms with Crippen LogP contribution in [0.5, 0.6) is 0 Å². The highest BCUT2D eigenvalue weighted by molar-refractivity contribution is 8.01. The minimum absolute atomic E-state index is 0.0410. The van der Waals surface area contributed by atoms with Gasteiger partial charge in [-0.1, -0.05) is 18.2 Å². The number of aromatic nitrogens is 2. The summed E-state index contributed by atoms with van der Waals surface area (Å²) >= 11 is 2.01. The SMILES string of the molecule is CCC(OC(C)=O)C1(C)S[C@@H]2C(NC(=O)C(=NOC3C=CCC3)c3nsc(N)n3)C(=O)N2C=C1C(=O)O. The fourth-order valence-electron chi connectivity index (χ4n) is 4.30. The maximum absolute atomic E-state index is 13.2. The number of hydrogen-bond donors (Lipinski definition) is 3. The molecular weight excluding hydrogens is 524 g/mol. The average Bonchev–Trinajstić information content (AvgIpc) is 3.52. The number of nitrogens with zero attached hydrogens (tertiary/aromatic N) is 4. The number of aliphatic carboxylic acids is 1. The van der Waals surface area contributed by atoms with Crippen molar-refractivity contribution in [3.05, 3.63) is 29.7 Å². The second-order valence-electron chi connectivity index (χ2n) is 8.71. The molecule has 198 valence electrons. The Morgan fingerprint density at radius 2 is 2.19 bits per heavy atom. The molecule has 0 spiro atoms. The van der Waals surface area contributed by atoms with Crippen LogP contribution in [0.2, 0.25) is 0 Å². The molecule has 0 bridgehead atoms. The summed E-state index contributed by atoms with van der Waals surface area (Å²) in [6.45, 7) is 4.66. The molecule has 2 amide bonds. The molecule has 4 unspecified atom stereocenters. The molecule has 0 saturated carbocycles. The lowest BCUT2D eigenvalue weighted by atomic mass is 9.91. The van der Waals surface area contributed by atoms with Gasteiger partial charge in [-0.25, -0.2) is 4.79 Å². The molecule has 0 aromatic carbocycles. The number of fused-ring (bicyclic) bond motifs is 1. The van der Waals surface area contributed by atoms with Crippen LogP contribution in [0.4, 0.5) is 5.13 Å². The van der Waals surface area contributed by atoms with Crippen molar-refractivity contribution in [3.8, 4) is 0 Å². The van der Waals surface area contributed by atoms with E-state index in [0.29, 0.717) is 12.8 Å². The first-order valence-corrected chi connectivity index (χ1v) is 13.1. The monoisotopic (exact) mass is 550 g/mol. The van der Waals surface area contributed by atoms with Gasteiger partial charge in [0, 0.05) is 24.7 Å². The number of carboxylic acid groups (broad SMARTS) is 1. The Bertz CT molecular complexity index is 1210. The lowest BCUT2D eigenvalue weighted by Crippen LogP contribution is -2.71. The van der Waals surface area contributed by atoms with Gasteiger partial charge in [0.1, 0.15) is 23.6 Å². The second kappa shape index (κ2) is 10.5. The van der Waals surface area contributed by atoms with Crippen LogP contribution in [0.15, 0.2) is 29.1 Å². The number of esters is 1. The topological polar surface area (TPSA) is 186 Å². The number of thioether (sulfide) groups is 1. The van der Waals surface area contributed by atoms with Gasteiger partial charge in [-0.15, -0.1) is 11.8 Å². The second-order valence-corrected chi connectivity index (χ2v) is 11.1. The van der Waals surface area contributed by atoms with Crippen LogP contribution < -0.4 is 11.1 Å². The summed E-state index contributed by atoms with van der Waals surface area (Å²) in [6.07, 6.45) is 5.80. The molecule has 2 aliphatic heterocycles. The molecule has 37 heavy (non-hydrogen) atoms. The fraction of sp³-hybridized carbons (Fsp3) is 0.500. The van der Waals surface area contributed by atoms with Crippen molar-refractivity contribution in [2.75, 3.05) is 5.73 Å². The molecule has 1 fully saturated rings. The number of carboxylic acids is 1. The van der Waals surface area contributed by atoms with Gasteiger partial charge in [-0.05, 0) is 32.3 Å². The Morgan fingerprint density at radius 3 is 2.76 bits per heavy atom. The van der Waals surface area contributed by atoms with Crippen LogP contribution in [-0.4, -0.2) is 77.2 Å². The number of hydrogen-bond acceptors (Lipinski definition) is 12. The van der Waals surface area contributed by atoms with Gasteiger partial charge in [-0.2, -0.15) is 9.36 Å². The molecule has 1 aliphatic carbocycles. The predicted octanol–water partition coefficient (Wildman–Crippen LogP) is 1.03. The number of carbonyl (C=O) groups is 4. The number of ether oxygens (including phenoxy) is 1. The molecule has 13 nitrogen and oxygen atoms in total. The molecule has 4 N–H and O–H groups in total. The zero-order valence-electron chi connectivity index (χ0n) is 20.2. The number of amides is 2. The molecule has 3 heterocycles. The van der Waals surface area contributed by atoms with Gasteiger partial charge >= 0.3 is 11.9 Å².